The van der Waals surface area contributed by atoms with Gasteiger partial charge >= 0.3 is 0 Å². The van der Waals surface area contributed by atoms with Gasteiger partial charge in [0.15, 0.2) is 5.96 Å². The summed E-state index contributed by atoms with van der Waals surface area (Å²) in [6.07, 6.45) is 1.80. The second kappa shape index (κ2) is 10.3. The summed E-state index contributed by atoms with van der Waals surface area (Å²) in [5, 5.41) is 15.5. The first-order valence-electron chi connectivity index (χ1n) is 9.19. The summed E-state index contributed by atoms with van der Waals surface area (Å²) >= 11 is 0. The van der Waals surface area contributed by atoms with E-state index >= 15 is 0 Å². The standard InChI is InChI=1S/C20H27N7.HI/c1-5-21-20(22-13-18-11-12-24-26(18)4)23-14-19-15(2)25-27(16(19)3)17-9-7-6-8-10-17;/h6-12H,5,13-14H2,1-4H3,(H2,21,22,23);1H. The second-order valence-corrected chi connectivity index (χ2v) is 6.39. The zero-order chi connectivity index (χ0) is 19.2. The van der Waals surface area contributed by atoms with Crippen molar-refractivity contribution in [2.45, 2.75) is 33.9 Å². The van der Waals surface area contributed by atoms with Gasteiger partial charge in [0.1, 0.15) is 0 Å². The number of rotatable bonds is 6. The van der Waals surface area contributed by atoms with Crippen molar-refractivity contribution in [3.8, 4) is 5.69 Å². The van der Waals surface area contributed by atoms with Gasteiger partial charge in [0, 0.05) is 31.0 Å². The van der Waals surface area contributed by atoms with E-state index in [1.165, 1.54) is 0 Å². The molecular formula is C20H28IN7. The van der Waals surface area contributed by atoms with Crippen LogP contribution in [0.15, 0.2) is 47.6 Å². The van der Waals surface area contributed by atoms with Gasteiger partial charge in [-0.05, 0) is 39.0 Å². The number of guanidine groups is 1. The van der Waals surface area contributed by atoms with Crippen LogP contribution >= 0.6 is 24.0 Å². The van der Waals surface area contributed by atoms with Crippen LogP contribution in [0.1, 0.15) is 29.6 Å². The molecule has 2 N–H and O–H groups in total. The Morgan fingerprint density at radius 3 is 2.50 bits per heavy atom. The van der Waals surface area contributed by atoms with Gasteiger partial charge < -0.3 is 10.6 Å². The number of hydrogen-bond acceptors (Lipinski definition) is 3. The number of aromatic nitrogens is 4. The van der Waals surface area contributed by atoms with Crippen molar-refractivity contribution in [3.63, 3.8) is 0 Å². The van der Waals surface area contributed by atoms with Gasteiger partial charge in [0.2, 0.25) is 0 Å². The Balaban J connectivity index is 0.00000280. The smallest absolute Gasteiger partial charge is 0.191 e. The lowest BCUT2D eigenvalue weighted by molar-refractivity contribution is 0.684. The summed E-state index contributed by atoms with van der Waals surface area (Å²) in [6.45, 7) is 8.24. The largest absolute Gasteiger partial charge is 0.357 e. The summed E-state index contributed by atoms with van der Waals surface area (Å²) in [6, 6.07) is 12.2. The molecule has 0 atom stereocenters. The van der Waals surface area contributed by atoms with Crippen LogP contribution in [-0.4, -0.2) is 32.1 Å². The molecule has 3 rings (SSSR count). The van der Waals surface area contributed by atoms with Crippen molar-refractivity contribution in [1.29, 1.82) is 0 Å². The molecule has 2 heterocycles. The van der Waals surface area contributed by atoms with Crippen LogP contribution in [0.2, 0.25) is 0 Å². The van der Waals surface area contributed by atoms with Crippen molar-refractivity contribution in [2.75, 3.05) is 6.54 Å². The average Bonchev–Trinajstić information content (AvgIpc) is 3.21. The molecule has 0 spiro atoms. The van der Waals surface area contributed by atoms with Crippen molar-refractivity contribution >= 4 is 29.9 Å². The van der Waals surface area contributed by atoms with E-state index in [9.17, 15) is 0 Å². The van der Waals surface area contributed by atoms with Gasteiger partial charge in [-0.3, -0.25) is 4.68 Å². The summed E-state index contributed by atoms with van der Waals surface area (Å²) in [5.41, 5.74) is 5.43. The normalized spacial score (nSPS) is 11.2. The lowest BCUT2D eigenvalue weighted by atomic mass is 10.2. The number of benzene rings is 1. The van der Waals surface area contributed by atoms with Crippen molar-refractivity contribution in [2.24, 2.45) is 12.0 Å². The minimum absolute atomic E-state index is 0. The third-order valence-electron chi connectivity index (χ3n) is 4.54. The van der Waals surface area contributed by atoms with Crippen molar-refractivity contribution in [3.05, 3.63) is 65.2 Å². The Hall–Kier alpha value is -2.36. The molecule has 150 valence electrons. The zero-order valence-corrected chi connectivity index (χ0v) is 19.1. The third-order valence-corrected chi connectivity index (χ3v) is 4.54. The first-order chi connectivity index (χ1) is 13.1. The zero-order valence-electron chi connectivity index (χ0n) is 16.8. The highest BCUT2D eigenvalue weighted by molar-refractivity contribution is 14.0. The Kier molecular flexibility index (Phi) is 8.04. The predicted molar refractivity (Wildman–Crippen MR) is 123 cm³/mol. The molecule has 0 aliphatic carbocycles. The molecular weight excluding hydrogens is 465 g/mol. The van der Waals surface area contributed by atoms with E-state index in [0.717, 1.165) is 40.8 Å². The molecule has 0 amide bonds. The van der Waals surface area contributed by atoms with E-state index in [-0.39, 0.29) is 24.0 Å². The monoisotopic (exact) mass is 493 g/mol. The van der Waals surface area contributed by atoms with Crippen LogP contribution in [0, 0.1) is 13.8 Å². The number of para-hydroxylation sites is 1. The van der Waals surface area contributed by atoms with Crippen LogP contribution < -0.4 is 10.6 Å². The number of nitrogens with zero attached hydrogens (tertiary/aromatic N) is 5. The first-order valence-corrected chi connectivity index (χ1v) is 9.19. The van der Waals surface area contributed by atoms with Crippen LogP contribution in [-0.2, 0) is 20.1 Å². The van der Waals surface area contributed by atoms with Crippen molar-refractivity contribution in [1.82, 2.24) is 30.2 Å². The Bertz CT molecular complexity index is 912. The lowest BCUT2D eigenvalue weighted by Gasteiger charge is -2.11. The SMILES string of the molecule is CCNC(=NCc1c(C)nn(-c2ccccc2)c1C)NCc1ccnn1C.I. The van der Waals surface area contributed by atoms with Crippen LogP contribution in [0.25, 0.3) is 5.69 Å². The second-order valence-electron chi connectivity index (χ2n) is 6.39. The van der Waals surface area contributed by atoms with Crippen LogP contribution in [0.3, 0.4) is 0 Å². The molecule has 0 bridgehead atoms. The Morgan fingerprint density at radius 1 is 1.11 bits per heavy atom. The molecule has 0 unspecified atom stereocenters. The molecule has 0 radical (unpaired) electrons. The van der Waals surface area contributed by atoms with Crippen LogP contribution in [0.4, 0.5) is 0 Å². The molecule has 3 aromatic rings. The molecule has 8 heteroatoms. The fraction of sp³-hybridized carbons (Fsp3) is 0.350. The highest BCUT2D eigenvalue weighted by Gasteiger charge is 2.12. The molecule has 0 aliphatic heterocycles. The molecule has 1 aromatic carbocycles. The van der Waals surface area contributed by atoms with Gasteiger partial charge in [0.25, 0.3) is 0 Å². The average molecular weight is 493 g/mol. The van der Waals surface area contributed by atoms with Gasteiger partial charge in [0.05, 0.1) is 30.2 Å². The van der Waals surface area contributed by atoms with E-state index in [1.807, 2.05) is 47.6 Å². The number of aryl methyl sites for hydroxylation is 2. The lowest BCUT2D eigenvalue weighted by Crippen LogP contribution is -2.37. The summed E-state index contributed by atoms with van der Waals surface area (Å²) < 4.78 is 3.84. The maximum atomic E-state index is 4.75. The maximum absolute atomic E-state index is 4.75. The minimum atomic E-state index is 0. The maximum Gasteiger partial charge on any atom is 0.191 e. The molecule has 0 saturated heterocycles. The third kappa shape index (κ3) is 5.12. The summed E-state index contributed by atoms with van der Waals surface area (Å²) in [4.78, 5) is 4.75. The molecule has 0 fully saturated rings. The van der Waals surface area contributed by atoms with E-state index in [2.05, 4.69) is 41.7 Å². The van der Waals surface area contributed by atoms with Gasteiger partial charge in [-0.25, -0.2) is 9.67 Å². The fourth-order valence-electron chi connectivity index (χ4n) is 2.97. The molecule has 7 nitrogen and oxygen atoms in total. The minimum Gasteiger partial charge on any atom is -0.357 e. The number of aliphatic imine (C=N–C) groups is 1. The topological polar surface area (TPSA) is 72.1 Å². The summed E-state index contributed by atoms with van der Waals surface area (Å²) in [5.74, 6) is 0.782. The molecule has 28 heavy (non-hydrogen) atoms. The van der Waals surface area contributed by atoms with Gasteiger partial charge in [-0.2, -0.15) is 10.2 Å². The molecule has 0 aliphatic rings. The number of hydrogen-bond donors (Lipinski definition) is 2. The van der Waals surface area contributed by atoms with E-state index in [4.69, 9.17) is 10.1 Å². The van der Waals surface area contributed by atoms with Crippen LogP contribution in [0.5, 0.6) is 0 Å². The van der Waals surface area contributed by atoms with E-state index < -0.39 is 0 Å². The Morgan fingerprint density at radius 2 is 1.86 bits per heavy atom. The number of halogens is 1. The van der Waals surface area contributed by atoms with E-state index in [0.29, 0.717) is 13.1 Å². The quantitative estimate of drug-likeness (QED) is 0.315. The number of nitrogens with one attached hydrogen (secondary N) is 2. The van der Waals surface area contributed by atoms with E-state index in [1.54, 1.807) is 6.20 Å². The van der Waals surface area contributed by atoms with Gasteiger partial charge in [-0.1, -0.05) is 18.2 Å². The highest BCUT2D eigenvalue weighted by Crippen LogP contribution is 2.18. The first kappa shape index (κ1) is 21.9. The summed E-state index contributed by atoms with van der Waals surface area (Å²) in [7, 11) is 1.94. The Labute approximate surface area is 183 Å². The predicted octanol–water partition coefficient (Wildman–Crippen LogP) is 3.10. The highest BCUT2D eigenvalue weighted by atomic mass is 127. The van der Waals surface area contributed by atoms with Gasteiger partial charge in [-0.15, -0.1) is 24.0 Å². The molecule has 2 aromatic heterocycles. The fourth-order valence-corrected chi connectivity index (χ4v) is 2.97. The van der Waals surface area contributed by atoms with Crippen molar-refractivity contribution < 1.29 is 0 Å². The molecule has 0 saturated carbocycles.